The molecule has 1 N–H and O–H groups in total. The molecule has 132 valence electrons. The van der Waals surface area contributed by atoms with Crippen LogP contribution < -0.4 is 11.0 Å². The van der Waals surface area contributed by atoms with Crippen LogP contribution in [0.1, 0.15) is 26.3 Å². The summed E-state index contributed by atoms with van der Waals surface area (Å²) in [5.74, 6) is 0.348. The van der Waals surface area contributed by atoms with E-state index in [1.165, 1.54) is 0 Å². The van der Waals surface area contributed by atoms with Crippen LogP contribution in [0.15, 0.2) is 47.5 Å². The van der Waals surface area contributed by atoms with Crippen LogP contribution in [-0.4, -0.2) is 19.6 Å². The molecule has 3 aromatic rings. The van der Waals surface area contributed by atoms with Gasteiger partial charge in [0.05, 0.1) is 11.0 Å². The maximum atomic E-state index is 12.8. The van der Waals surface area contributed by atoms with Crippen molar-refractivity contribution in [2.24, 2.45) is 20.0 Å². The third-order valence-electron chi connectivity index (χ3n) is 4.52. The number of carbonyl (C=O) groups is 1. The number of rotatable bonds is 5. The van der Waals surface area contributed by atoms with Crippen LogP contribution in [-0.2, 0) is 18.9 Å². The SMILES string of the molecule is CC(C)C[C@@H](C(=O)Nc1ccc2c(c1)n(C)c(=O)n2C)n1cccc1. The lowest BCUT2D eigenvalue weighted by molar-refractivity contribution is -0.119. The summed E-state index contributed by atoms with van der Waals surface area (Å²) >= 11 is 0. The molecule has 2 heterocycles. The fourth-order valence-corrected chi connectivity index (χ4v) is 3.18. The zero-order chi connectivity index (χ0) is 18.1. The number of aryl methyl sites for hydroxylation is 2. The van der Waals surface area contributed by atoms with Gasteiger partial charge in [-0.3, -0.25) is 13.9 Å². The first-order valence-corrected chi connectivity index (χ1v) is 8.47. The van der Waals surface area contributed by atoms with E-state index in [-0.39, 0.29) is 17.6 Å². The Labute approximate surface area is 146 Å². The van der Waals surface area contributed by atoms with Gasteiger partial charge in [-0.25, -0.2) is 4.79 Å². The molecular weight excluding hydrogens is 316 g/mol. The van der Waals surface area contributed by atoms with E-state index < -0.39 is 0 Å². The molecule has 0 spiro atoms. The number of amides is 1. The summed E-state index contributed by atoms with van der Waals surface area (Å²) < 4.78 is 5.12. The smallest absolute Gasteiger partial charge is 0.328 e. The Morgan fingerprint density at radius 3 is 2.36 bits per heavy atom. The zero-order valence-corrected chi connectivity index (χ0v) is 15.1. The van der Waals surface area contributed by atoms with Gasteiger partial charge in [-0.15, -0.1) is 0 Å². The van der Waals surface area contributed by atoms with E-state index in [1.807, 2.05) is 47.3 Å². The second kappa shape index (κ2) is 6.63. The molecule has 6 heteroatoms. The summed E-state index contributed by atoms with van der Waals surface area (Å²) in [4.78, 5) is 24.9. The van der Waals surface area contributed by atoms with Gasteiger partial charge >= 0.3 is 5.69 Å². The van der Waals surface area contributed by atoms with E-state index in [0.29, 0.717) is 11.6 Å². The van der Waals surface area contributed by atoms with Crippen molar-refractivity contribution >= 4 is 22.6 Å². The van der Waals surface area contributed by atoms with Gasteiger partial charge in [0, 0.05) is 32.2 Å². The molecule has 0 aliphatic rings. The standard InChI is InChI=1S/C19H24N4O2/c1-13(2)11-17(23-9-5-6-10-23)18(24)20-14-7-8-15-16(12-14)22(4)19(25)21(15)3/h5-10,12-13,17H,11H2,1-4H3,(H,20,24)/t17-/m0/s1. The number of nitrogens with zero attached hydrogens (tertiary/aromatic N) is 3. The van der Waals surface area contributed by atoms with E-state index in [9.17, 15) is 9.59 Å². The number of anilines is 1. The molecule has 0 bridgehead atoms. The molecular formula is C19H24N4O2. The quantitative estimate of drug-likeness (QED) is 0.776. The first-order chi connectivity index (χ1) is 11.9. The van der Waals surface area contributed by atoms with Crippen LogP contribution in [0.4, 0.5) is 5.69 Å². The lowest BCUT2D eigenvalue weighted by Gasteiger charge is -2.20. The molecule has 25 heavy (non-hydrogen) atoms. The van der Waals surface area contributed by atoms with Gasteiger partial charge in [0.15, 0.2) is 0 Å². The van der Waals surface area contributed by atoms with E-state index in [0.717, 1.165) is 17.5 Å². The Bertz CT molecular complexity index is 948. The number of carbonyl (C=O) groups excluding carboxylic acids is 1. The van der Waals surface area contributed by atoms with Gasteiger partial charge in [0.2, 0.25) is 5.91 Å². The van der Waals surface area contributed by atoms with Crippen LogP contribution in [0.2, 0.25) is 0 Å². The van der Waals surface area contributed by atoms with Crippen molar-refractivity contribution in [1.29, 1.82) is 0 Å². The summed E-state index contributed by atoms with van der Waals surface area (Å²) in [5.41, 5.74) is 2.25. The van der Waals surface area contributed by atoms with Crippen molar-refractivity contribution in [1.82, 2.24) is 13.7 Å². The first-order valence-electron chi connectivity index (χ1n) is 8.47. The molecule has 1 amide bonds. The van der Waals surface area contributed by atoms with Crippen LogP contribution in [0.5, 0.6) is 0 Å². The summed E-state index contributed by atoms with van der Waals surface area (Å²) in [6.45, 7) is 4.21. The summed E-state index contributed by atoms with van der Waals surface area (Å²) in [5, 5.41) is 3.00. The highest BCUT2D eigenvalue weighted by Crippen LogP contribution is 2.22. The Balaban J connectivity index is 1.90. The molecule has 1 aromatic carbocycles. The van der Waals surface area contributed by atoms with Gasteiger partial charge in [-0.05, 0) is 42.7 Å². The lowest BCUT2D eigenvalue weighted by Crippen LogP contribution is -2.26. The highest BCUT2D eigenvalue weighted by Gasteiger charge is 2.21. The maximum Gasteiger partial charge on any atom is 0.328 e. The fraction of sp³-hybridized carbons (Fsp3) is 0.368. The highest BCUT2D eigenvalue weighted by atomic mass is 16.2. The predicted molar refractivity (Wildman–Crippen MR) is 99.7 cm³/mol. The fourth-order valence-electron chi connectivity index (χ4n) is 3.18. The minimum Gasteiger partial charge on any atom is -0.342 e. The molecule has 0 unspecified atom stereocenters. The van der Waals surface area contributed by atoms with Crippen LogP contribution in [0.3, 0.4) is 0 Å². The van der Waals surface area contributed by atoms with E-state index in [1.54, 1.807) is 23.2 Å². The summed E-state index contributed by atoms with van der Waals surface area (Å²) in [6, 6.07) is 9.13. The Morgan fingerprint density at radius 2 is 1.72 bits per heavy atom. The minimum absolute atomic E-state index is 0.0508. The third-order valence-corrected chi connectivity index (χ3v) is 4.52. The van der Waals surface area contributed by atoms with Crippen LogP contribution in [0, 0.1) is 5.92 Å². The Morgan fingerprint density at radius 1 is 1.08 bits per heavy atom. The van der Waals surface area contributed by atoms with Crippen molar-refractivity contribution in [3.05, 3.63) is 53.2 Å². The number of hydrogen-bond acceptors (Lipinski definition) is 2. The van der Waals surface area contributed by atoms with Crippen molar-refractivity contribution in [3.63, 3.8) is 0 Å². The largest absolute Gasteiger partial charge is 0.342 e. The summed E-state index contributed by atoms with van der Waals surface area (Å²) in [6.07, 6.45) is 4.58. The second-order valence-electron chi connectivity index (χ2n) is 6.87. The first kappa shape index (κ1) is 17.1. The number of nitrogens with one attached hydrogen (secondary N) is 1. The average Bonchev–Trinajstić information content (AvgIpc) is 3.17. The monoisotopic (exact) mass is 340 g/mol. The molecule has 0 aliphatic heterocycles. The van der Waals surface area contributed by atoms with Crippen molar-refractivity contribution in [2.45, 2.75) is 26.3 Å². The van der Waals surface area contributed by atoms with Crippen molar-refractivity contribution in [2.75, 3.05) is 5.32 Å². The minimum atomic E-state index is -0.259. The topological polar surface area (TPSA) is 61.0 Å². The van der Waals surface area contributed by atoms with Crippen LogP contribution in [0.25, 0.3) is 11.0 Å². The van der Waals surface area contributed by atoms with Crippen LogP contribution >= 0.6 is 0 Å². The number of benzene rings is 1. The number of imidazole rings is 1. The number of fused-ring (bicyclic) bond motifs is 1. The molecule has 2 aromatic heterocycles. The van der Waals surface area contributed by atoms with Crippen molar-refractivity contribution in [3.8, 4) is 0 Å². The van der Waals surface area contributed by atoms with E-state index in [4.69, 9.17) is 0 Å². The van der Waals surface area contributed by atoms with Gasteiger partial charge in [0.1, 0.15) is 6.04 Å². The van der Waals surface area contributed by atoms with E-state index in [2.05, 4.69) is 19.2 Å². The third kappa shape index (κ3) is 3.24. The molecule has 0 fully saturated rings. The zero-order valence-electron chi connectivity index (χ0n) is 15.1. The maximum absolute atomic E-state index is 12.8. The molecule has 3 rings (SSSR count). The Hall–Kier alpha value is -2.76. The number of aromatic nitrogens is 3. The van der Waals surface area contributed by atoms with Gasteiger partial charge in [-0.2, -0.15) is 0 Å². The molecule has 0 saturated heterocycles. The average molecular weight is 340 g/mol. The molecule has 0 saturated carbocycles. The lowest BCUT2D eigenvalue weighted by atomic mass is 10.0. The van der Waals surface area contributed by atoms with Gasteiger partial charge < -0.3 is 9.88 Å². The molecule has 0 aliphatic carbocycles. The summed E-state index contributed by atoms with van der Waals surface area (Å²) in [7, 11) is 3.48. The second-order valence-corrected chi connectivity index (χ2v) is 6.87. The van der Waals surface area contributed by atoms with E-state index >= 15 is 0 Å². The molecule has 6 nitrogen and oxygen atoms in total. The van der Waals surface area contributed by atoms with Crippen molar-refractivity contribution < 1.29 is 4.79 Å². The Kier molecular flexibility index (Phi) is 4.53. The molecule has 0 radical (unpaired) electrons. The number of hydrogen-bond donors (Lipinski definition) is 1. The molecule has 1 atom stereocenters. The predicted octanol–water partition coefficient (Wildman–Crippen LogP) is 2.90. The normalized spacial score (nSPS) is 12.7. The van der Waals surface area contributed by atoms with Gasteiger partial charge in [-0.1, -0.05) is 13.8 Å². The van der Waals surface area contributed by atoms with Gasteiger partial charge in [0.25, 0.3) is 0 Å². The highest BCUT2D eigenvalue weighted by molar-refractivity contribution is 5.95.